The highest BCUT2D eigenvalue weighted by Gasteiger charge is 1.90. The average Bonchev–Trinajstić information content (AvgIpc) is 1.97. The summed E-state index contributed by atoms with van der Waals surface area (Å²) in [5, 5.41) is 5.24. The molecule has 0 amide bonds. The molecule has 0 aliphatic rings. The molecule has 11 heavy (non-hydrogen) atoms. The van der Waals surface area contributed by atoms with Crippen LogP contribution in [0.2, 0.25) is 0 Å². The predicted octanol–water partition coefficient (Wildman–Crippen LogP) is 1.61. The van der Waals surface area contributed by atoms with Crippen molar-refractivity contribution in [1.29, 1.82) is 0 Å². The van der Waals surface area contributed by atoms with Gasteiger partial charge < -0.3 is 0 Å². The molecular weight excluding hydrogens is 138 g/mol. The van der Waals surface area contributed by atoms with Gasteiger partial charge in [0.2, 0.25) is 0 Å². The van der Waals surface area contributed by atoms with E-state index in [9.17, 15) is 0 Å². The normalized spacial score (nSPS) is 10.9. The molecule has 0 aliphatic carbocycles. The molecule has 0 aliphatic heterocycles. The van der Waals surface area contributed by atoms with Crippen LogP contribution in [-0.4, -0.2) is 31.7 Å². The molecule has 0 fully saturated rings. The van der Waals surface area contributed by atoms with E-state index in [1.165, 1.54) is 0 Å². The summed E-state index contributed by atoms with van der Waals surface area (Å²) in [6.07, 6.45) is 2.82. The second-order valence-electron chi connectivity index (χ2n) is 2.92. The van der Waals surface area contributed by atoms with Crippen LogP contribution in [-0.2, 0) is 0 Å². The molecule has 0 heterocycles. The summed E-state index contributed by atoms with van der Waals surface area (Å²) in [4.78, 5) is 4.15. The van der Waals surface area contributed by atoms with E-state index >= 15 is 0 Å². The van der Waals surface area contributed by atoms with E-state index in [0.29, 0.717) is 5.92 Å². The van der Waals surface area contributed by atoms with Crippen molar-refractivity contribution in [3.63, 3.8) is 0 Å². The van der Waals surface area contributed by atoms with Gasteiger partial charge in [-0.1, -0.05) is 13.8 Å². The standard InChI is InChI=1S/C8H17N3/c1-8(2)5-6-10-7-11(4)9-3/h7-8H,3,5-6H2,1-2,4H3. The van der Waals surface area contributed by atoms with Crippen LogP contribution in [0.5, 0.6) is 0 Å². The Hall–Kier alpha value is -0.860. The first-order valence-corrected chi connectivity index (χ1v) is 3.86. The van der Waals surface area contributed by atoms with Gasteiger partial charge in [-0.3, -0.25) is 10.0 Å². The Balaban J connectivity index is 3.36. The molecule has 0 saturated heterocycles. The SMILES string of the molecule is C=NN(C)C=NCCC(C)C. The Morgan fingerprint density at radius 3 is 2.64 bits per heavy atom. The van der Waals surface area contributed by atoms with E-state index in [0.717, 1.165) is 13.0 Å². The van der Waals surface area contributed by atoms with Crippen LogP contribution in [0.3, 0.4) is 0 Å². The summed E-state index contributed by atoms with van der Waals surface area (Å²) in [5.41, 5.74) is 0. The summed E-state index contributed by atoms with van der Waals surface area (Å²) in [7, 11) is 1.81. The number of nitrogens with zero attached hydrogens (tertiary/aromatic N) is 3. The van der Waals surface area contributed by atoms with Crippen LogP contribution in [0.15, 0.2) is 10.1 Å². The molecule has 0 saturated carbocycles. The summed E-state index contributed by atoms with van der Waals surface area (Å²) >= 11 is 0. The summed E-state index contributed by atoms with van der Waals surface area (Å²) in [6.45, 7) is 8.60. The van der Waals surface area contributed by atoms with E-state index < -0.39 is 0 Å². The highest BCUT2D eigenvalue weighted by molar-refractivity contribution is 5.54. The van der Waals surface area contributed by atoms with Crippen molar-refractivity contribution < 1.29 is 0 Å². The molecule has 0 radical (unpaired) electrons. The lowest BCUT2D eigenvalue weighted by molar-refractivity contribution is 0.555. The maximum absolute atomic E-state index is 4.15. The Morgan fingerprint density at radius 1 is 1.55 bits per heavy atom. The highest BCUT2D eigenvalue weighted by atomic mass is 15.4. The second kappa shape index (κ2) is 5.89. The molecule has 0 aromatic rings. The van der Waals surface area contributed by atoms with Crippen LogP contribution in [0.4, 0.5) is 0 Å². The molecule has 0 bridgehead atoms. The van der Waals surface area contributed by atoms with Gasteiger partial charge in [0, 0.05) is 20.3 Å². The molecule has 3 nitrogen and oxygen atoms in total. The molecule has 0 unspecified atom stereocenters. The average molecular weight is 155 g/mol. The topological polar surface area (TPSA) is 28.0 Å². The zero-order chi connectivity index (χ0) is 8.69. The minimum atomic E-state index is 0.717. The zero-order valence-corrected chi connectivity index (χ0v) is 7.62. The molecule has 0 N–H and O–H groups in total. The fraction of sp³-hybridized carbons (Fsp3) is 0.750. The van der Waals surface area contributed by atoms with Crippen molar-refractivity contribution >= 4 is 13.1 Å². The molecule has 0 atom stereocenters. The molecule has 0 aromatic carbocycles. The highest BCUT2D eigenvalue weighted by Crippen LogP contribution is 1.97. The third-order valence-electron chi connectivity index (χ3n) is 1.31. The fourth-order valence-corrected chi connectivity index (χ4v) is 0.545. The van der Waals surface area contributed by atoms with E-state index in [-0.39, 0.29) is 0 Å². The number of hydrogen-bond acceptors (Lipinski definition) is 2. The summed E-state index contributed by atoms with van der Waals surface area (Å²) in [5.74, 6) is 0.717. The molecule has 64 valence electrons. The van der Waals surface area contributed by atoms with Crippen LogP contribution in [0, 0.1) is 5.92 Å². The molecule has 0 aromatic heterocycles. The van der Waals surface area contributed by atoms with E-state index in [2.05, 4.69) is 30.7 Å². The van der Waals surface area contributed by atoms with Crippen LogP contribution in [0.25, 0.3) is 0 Å². The number of aliphatic imine (C=N–C) groups is 1. The minimum absolute atomic E-state index is 0.717. The maximum Gasteiger partial charge on any atom is 0.105 e. The summed E-state index contributed by atoms with van der Waals surface area (Å²) < 4.78 is 0. The first-order chi connectivity index (χ1) is 5.16. The van der Waals surface area contributed by atoms with Gasteiger partial charge in [0.05, 0.1) is 0 Å². The van der Waals surface area contributed by atoms with Crippen LogP contribution >= 0.6 is 0 Å². The minimum Gasteiger partial charge on any atom is -0.274 e. The number of hydrazone groups is 1. The van der Waals surface area contributed by atoms with E-state index in [1.54, 1.807) is 11.3 Å². The van der Waals surface area contributed by atoms with Crippen molar-refractivity contribution in [3.8, 4) is 0 Å². The van der Waals surface area contributed by atoms with Crippen molar-refractivity contribution in [1.82, 2.24) is 5.01 Å². The lowest BCUT2D eigenvalue weighted by Gasteiger charge is -2.03. The second-order valence-corrected chi connectivity index (χ2v) is 2.92. The van der Waals surface area contributed by atoms with Crippen LogP contribution < -0.4 is 0 Å². The van der Waals surface area contributed by atoms with Gasteiger partial charge in [-0.25, -0.2) is 0 Å². The summed E-state index contributed by atoms with van der Waals surface area (Å²) in [6, 6.07) is 0. The predicted molar refractivity (Wildman–Crippen MR) is 50.1 cm³/mol. The fourth-order valence-electron chi connectivity index (χ4n) is 0.545. The van der Waals surface area contributed by atoms with Gasteiger partial charge in [0.1, 0.15) is 6.34 Å². The first kappa shape index (κ1) is 10.1. The van der Waals surface area contributed by atoms with Crippen molar-refractivity contribution in [2.24, 2.45) is 16.0 Å². The van der Waals surface area contributed by atoms with Crippen molar-refractivity contribution in [2.75, 3.05) is 13.6 Å². The van der Waals surface area contributed by atoms with Gasteiger partial charge in [0.15, 0.2) is 0 Å². The van der Waals surface area contributed by atoms with Gasteiger partial charge in [-0.15, -0.1) is 0 Å². The molecule has 0 spiro atoms. The van der Waals surface area contributed by atoms with Crippen LogP contribution in [0.1, 0.15) is 20.3 Å². The Bertz CT molecular complexity index is 129. The largest absolute Gasteiger partial charge is 0.274 e. The van der Waals surface area contributed by atoms with E-state index in [1.807, 2.05) is 7.05 Å². The Kier molecular flexibility index (Phi) is 5.43. The van der Waals surface area contributed by atoms with E-state index in [4.69, 9.17) is 0 Å². The third kappa shape index (κ3) is 7.03. The molecular formula is C8H17N3. The lowest BCUT2D eigenvalue weighted by atomic mass is 10.1. The van der Waals surface area contributed by atoms with Crippen molar-refractivity contribution in [3.05, 3.63) is 0 Å². The number of hydrogen-bond donors (Lipinski definition) is 0. The Labute approximate surface area is 68.8 Å². The zero-order valence-electron chi connectivity index (χ0n) is 7.62. The quantitative estimate of drug-likeness (QED) is 0.337. The van der Waals surface area contributed by atoms with Gasteiger partial charge >= 0.3 is 0 Å². The van der Waals surface area contributed by atoms with Gasteiger partial charge in [-0.05, 0) is 12.3 Å². The number of rotatable bonds is 5. The van der Waals surface area contributed by atoms with Crippen molar-refractivity contribution in [2.45, 2.75) is 20.3 Å². The third-order valence-corrected chi connectivity index (χ3v) is 1.31. The lowest BCUT2D eigenvalue weighted by Crippen LogP contribution is -2.07. The van der Waals surface area contributed by atoms with Gasteiger partial charge in [0.25, 0.3) is 0 Å². The van der Waals surface area contributed by atoms with Gasteiger partial charge in [-0.2, -0.15) is 5.10 Å². The molecule has 0 rings (SSSR count). The monoisotopic (exact) mass is 155 g/mol. The Morgan fingerprint density at radius 2 is 2.18 bits per heavy atom. The first-order valence-electron chi connectivity index (χ1n) is 3.86. The smallest absolute Gasteiger partial charge is 0.105 e. The maximum atomic E-state index is 4.15. The molecule has 3 heteroatoms.